The molecule has 0 radical (unpaired) electrons. The topological polar surface area (TPSA) is 85.6 Å². The third-order valence-corrected chi connectivity index (χ3v) is 6.62. The number of hydrogen-bond acceptors (Lipinski definition) is 3. The minimum atomic E-state index is -0.572. The Labute approximate surface area is 196 Å². The summed E-state index contributed by atoms with van der Waals surface area (Å²) in [4.78, 5) is 30.5. The van der Waals surface area contributed by atoms with Crippen molar-refractivity contribution in [2.45, 2.75) is 38.3 Å². The van der Waals surface area contributed by atoms with Crippen LogP contribution in [0.3, 0.4) is 0 Å². The first-order valence-electron chi connectivity index (χ1n) is 10.9. The number of nitrogens with zero attached hydrogens (tertiary/aromatic N) is 4. The van der Waals surface area contributed by atoms with Crippen molar-refractivity contribution in [3.63, 3.8) is 0 Å². The van der Waals surface area contributed by atoms with Crippen molar-refractivity contribution in [2.24, 2.45) is 5.73 Å². The molecular formula is C25H22ClN5O2. The maximum atomic E-state index is 12.9. The van der Waals surface area contributed by atoms with Gasteiger partial charge >= 0.3 is 0 Å². The molecule has 1 aliphatic heterocycles. The maximum absolute atomic E-state index is 12.9. The summed E-state index contributed by atoms with van der Waals surface area (Å²) in [6.45, 7) is 8.28. The second kappa shape index (κ2) is 8.38. The number of primary amides is 1. The zero-order chi connectivity index (χ0) is 23.1. The van der Waals surface area contributed by atoms with Crippen molar-refractivity contribution >= 4 is 29.1 Å². The van der Waals surface area contributed by atoms with E-state index in [-0.39, 0.29) is 18.9 Å². The van der Waals surface area contributed by atoms with E-state index < -0.39 is 5.91 Å². The average Bonchev–Trinajstić information content (AvgIpc) is 3.57. The van der Waals surface area contributed by atoms with Crippen LogP contribution in [0.15, 0.2) is 42.5 Å². The van der Waals surface area contributed by atoms with Crippen molar-refractivity contribution in [1.29, 1.82) is 0 Å². The third-order valence-electron chi connectivity index (χ3n) is 6.29. The van der Waals surface area contributed by atoms with Crippen molar-refractivity contribution < 1.29 is 9.59 Å². The van der Waals surface area contributed by atoms with Gasteiger partial charge in [0, 0.05) is 17.1 Å². The molecule has 0 saturated heterocycles. The molecule has 2 aromatic carbocycles. The fourth-order valence-electron chi connectivity index (χ4n) is 4.37. The number of hydrogen-bond donors (Lipinski definition) is 1. The van der Waals surface area contributed by atoms with Crippen LogP contribution in [0.5, 0.6) is 0 Å². The van der Waals surface area contributed by atoms with Gasteiger partial charge in [0.1, 0.15) is 5.69 Å². The lowest BCUT2D eigenvalue weighted by atomic mass is 10.0. The first kappa shape index (κ1) is 21.2. The molecule has 33 heavy (non-hydrogen) atoms. The number of benzene rings is 2. The SMILES string of the molecule is [C-]#[N+]c1ccc(CC(=O)N2CCn3nc(-c4ccc(C5CC5)c(Cl)c4)c(C(N)=O)c3C2)cc1. The Kier molecular flexibility index (Phi) is 5.39. The Hall–Kier alpha value is -3.63. The summed E-state index contributed by atoms with van der Waals surface area (Å²) < 4.78 is 1.77. The van der Waals surface area contributed by atoms with Gasteiger partial charge in [0.25, 0.3) is 5.91 Å². The number of carbonyl (C=O) groups is 2. The molecule has 7 nitrogen and oxygen atoms in total. The van der Waals surface area contributed by atoms with E-state index in [2.05, 4.69) is 9.94 Å². The molecule has 8 heteroatoms. The first-order chi connectivity index (χ1) is 15.9. The van der Waals surface area contributed by atoms with Gasteiger partial charge in [-0.3, -0.25) is 14.3 Å². The lowest BCUT2D eigenvalue weighted by Gasteiger charge is -2.28. The van der Waals surface area contributed by atoms with Gasteiger partial charge in [0.15, 0.2) is 5.69 Å². The summed E-state index contributed by atoms with van der Waals surface area (Å²) in [6, 6.07) is 12.8. The third kappa shape index (κ3) is 4.10. The predicted octanol–water partition coefficient (Wildman–Crippen LogP) is 4.32. The number of amides is 2. The first-order valence-corrected chi connectivity index (χ1v) is 11.3. The Balaban J connectivity index is 1.41. The average molecular weight is 460 g/mol. The van der Waals surface area contributed by atoms with Crippen LogP contribution >= 0.6 is 11.6 Å². The standard InChI is InChI=1S/C25H22ClN5O2/c1-28-18-7-2-15(3-8-18)12-22(32)30-10-11-31-21(14-30)23(25(27)33)24(29-31)17-6-9-19(16-4-5-16)20(26)13-17/h2-3,6-9,13,16H,4-5,10-12,14H2,(H2,27,33). The lowest BCUT2D eigenvalue weighted by Crippen LogP contribution is -2.40. The predicted molar refractivity (Wildman–Crippen MR) is 125 cm³/mol. The number of carbonyl (C=O) groups excluding carboxylic acids is 2. The number of halogens is 1. The summed E-state index contributed by atoms with van der Waals surface area (Å²) in [6.07, 6.45) is 2.53. The summed E-state index contributed by atoms with van der Waals surface area (Å²) in [7, 11) is 0. The van der Waals surface area contributed by atoms with Gasteiger partial charge in [-0.05, 0) is 36.0 Å². The molecule has 2 N–H and O–H groups in total. The molecule has 0 spiro atoms. The van der Waals surface area contributed by atoms with E-state index in [1.807, 2.05) is 18.2 Å². The molecule has 5 rings (SSSR count). The molecule has 0 atom stereocenters. The summed E-state index contributed by atoms with van der Waals surface area (Å²) in [5, 5.41) is 5.34. The van der Waals surface area contributed by atoms with E-state index in [1.165, 1.54) is 0 Å². The van der Waals surface area contributed by atoms with Crippen LogP contribution in [0.25, 0.3) is 16.1 Å². The van der Waals surface area contributed by atoms with Gasteiger partial charge in [-0.15, -0.1) is 0 Å². The summed E-state index contributed by atoms with van der Waals surface area (Å²) in [5.74, 6) is -0.0982. The zero-order valence-electron chi connectivity index (χ0n) is 17.9. The summed E-state index contributed by atoms with van der Waals surface area (Å²) in [5.41, 5.74) is 10.5. The fourth-order valence-corrected chi connectivity index (χ4v) is 4.70. The normalized spacial score (nSPS) is 15.1. The highest BCUT2D eigenvalue weighted by atomic mass is 35.5. The van der Waals surface area contributed by atoms with E-state index in [1.54, 1.807) is 33.8 Å². The molecule has 1 aromatic heterocycles. The second-order valence-electron chi connectivity index (χ2n) is 8.54. The Bertz CT molecular complexity index is 1300. The van der Waals surface area contributed by atoms with Crippen molar-refractivity contribution in [3.8, 4) is 11.3 Å². The van der Waals surface area contributed by atoms with Gasteiger partial charge < -0.3 is 10.6 Å². The Morgan fingerprint density at radius 3 is 2.55 bits per heavy atom. The highest BCUT2D eigenvalue weighted by molar-refractivity contribution is 6.31. The van der Waals surface area contributed by atoms with E-state index in [9.17, 15) is 9.59 Å². The van der Waals surface area contributed by atoms with E-state index in [0.717, 1.165) is 29.5 Å². The van der Waals surface area contributed by atoms with Crippen LogP contribution < -0.4 is 5.73 Å². The van der Waals surface area contributed by atoms with E-state index in [0.29, 0.717) is 46.7 Å². The van der Waals surface area contributed by atoms with Gasteiger partial charge in [-0.2, -0.15) is 5.10 Å². The van der Waals surface area contributed by atoms with Crippen LogP contribution in [0.1, 0.15) is 45.9 Å². The van der Waals surface area contributed by atoms with Crippen molar-refractivity contribution in [1.82, 2.24) is 14.7 Å². The fraction of sp³-hybridized carbons (Fsp3) is 0.280. The number of aromatic nitrogens is 2. The van der Waals surface area contributed by atoms with Crippen LogP contribution in [0, 0.1) is 6.57 Å². The molecule has 1 fully saturated rings. The van der Waals surface area contributed by atoms with Crippen molar-refractivity contribution in [3.05, 3.63) is 81.3 Å². The molecule has 2 amide bonds. The molecular weight excluding hydrogens is 438 g/mol. The minimum absolute atomic E-state index is 0.0492. The highest BCUT2D eigenvalue weighted by Gasteiger charge is 2.31. The molecule has 0 bridgehead atoms. The number of rotatable bonds is 5. The molecule has 1 aliphatic carbocycles. The molecule has 2 heterocycles. The van der Waals surface area contributed by atoms with Gasteiger partial charge in [-0.25, -0.2) is 4.85 Å². The van der Waals surface area contributed by atoms with Gasteiger partial charge in [-0.1, -0.05) is 48.0 Å². The largest absolute Gasteiger partial charge is 0.365 e. The molecule has 3 aromatic rings. The van der Waals surface area contributed by atoms with Crippen molar-refractivity contribution in [2.75, 3.05) is 6.54 Å². The Morgan fingerprint density at radius 2 is 1.91 bits per heavy atom. The quantitative estimate of drug-likeness (QED) is 0.576. The monoisotopic (exact) mass is 459 g/mol. The molecule has 1 saturated carbocycles. The second-order valence-corrected chi connectivity index (χ2v) is 8.95. The number of nitrogens with two attached hydrogens (primary N) is 1. The van der Waals surface area contributed by atoms with Gasteiger partial charge in [0.05, 0.1) is 37.3 Å². The van der Waals surface area contributed by atoms with Crippen LogP contribution in [0.4, 0.5) is 5.69 Å². The highest BCUT2D eigenvalue weighted by Crippen LogP contribution is 2.44. The molecule has 0 unspecified atom stereocenters. The maximum Gasteiger partial charge on any atom is 0.252 e. The smallest absolute Gasteiger partial charge is 0.252 e. The molecule has 2 aliphatic rings. The zero-order valence-corrected chi connectivity index (χ0v) is 18.7. The number of fused-ring (bicyclic) bond motifs is 1. The van der Waals surface area contributed by atoms with E-state index >= 15 is 0 Å². The van der Waals surface area contributed by atoms with E-state index in [4.69, 9.17) is 23.9 Å². The van der Waals surface area contributed by atoms with Crippen LogP contribution in [0.2, 0.25) is 5.02 Å². The lowest BCUT2D eigenvalue weighted by molar-refractivity contribution is -0.132. The summed E-state index contributed by atoms with van der Waals surface area (Å²) >= 11 is 6.51. The Morgan fingerprint density at radius 1 is 1.15 bits per heavy atom. The van der Waals surface area contributed by atoms with Crippen LogP contribution in [-0.2, 0) is 24.3 Å². The van der Waals surface area contributed by atoms with Gasteiger partial charge in [0.2, 0.25) is 5.91 Å². The van der Waals surface area contributed by atoms with Crippen LogP contribution in [-0.4, -0.2) is 33.0 Å². The molecule has 166 valence electrons. The minimum Gasteiger partial charge on any atom is -0.365 e.